The van der Waals surface area contributed by atoms with Gasteiger partial charge >= 0.3 is 0 Å². The van der Waals surface area contributed by atoms with Crippen LogP contribution in [-0.2, 0) is 4.74 Å². The Morgan fingerprint density at radius 3 is 2.75 bits per heavy atom. The number of rotatable bonds is 3. The van der Waals surface area contributed by atoms with Gasteiger partial charge in [-0.25, -0.2) is 4.98 Å². The maximum Gasteiger partial charge on any atom is 0.222 e. The Morgan fingerprint density at radius 1 is 1.29 bits per heavy atom. The van der Waals surface area contributed by atoms with Crippen LogP contribution in [0.5, 0.6) is 0 Å². The molecule has 1 aliphatic carbocycles. The minimum Gasteiger partial charge on any atom is -0.378 e. The van der Waals surface area contributed by atoms with Gasteiger partial charge in [0.1, 0.15) is 5.82 Å². The minimum atomic E-state index is 0.279. The Hall–Kier alpha value is -1.88. The van der Waals surface area contributed by atoms with Crippen molar-refractivity contribution in [3.63, 3.8) is 0 Å². The van der Waals surface area contributed by atoms with Crippen molar-refractivity contribution < 1.29 is 4.74 Å². The van der Waals surface area contributed by atoms with Crippen molar-refractivity contribution in [3.8, 4) is 0 Å². The van der Waals surface area contributed by atoms with Gasteiger partial charge in [-0.1, -0.05) is 31.6 Å². The summed E-state index contributed by atoms with van der Waals surface area (Å²) >= 11 is 0. The van der Waals surface area contributed by atoms with Crippen molar-refractivity contribution in [2.75, 3.05) is 36.9 Å². The Morgan fingerprint density at radius 2 is 2.04 bits per heavy atom. The van der Waals surface area contributed by atoms with Crippen LogP contribution >= 0.6 is 0 Å². The summed E-state index contributed by atoms with van der Waals surface area (Å²) in [5.41, 5.74) is 8.52. The zero-order chi connectivity index (χ0) is 17.2. The van der Waals surface area contributed by atoms with Crippen molar-refractivity contribution in [2.45, 2.75) is 33.6 Å². The van der Waals surface area contributed by atoms with Crippen LogP contribution in [0.1, 0.15) is 39.3 Å². The number of morpholine rings is 1. The Bertz CT molecular complexity index is 645. The number of nitrogen functional groups attached to an aromatic ring is 1. The molecule has 1 unspecified atom stereocenters. The third-order valence-corrected chi connectivity index (χ3v) is 5.13. The van der Waals surface area contributed by atoms with E-state index >= 15 is 0 Å². The first-order valence-corrected chi connectivity index (χ1v) is 8.78. The van der Waals surface area contributed by atoms with E-state index in [-0.39, 0.29) is 5.41 Å². The van der Waals surface area contributed by atoms with Gasteiger partial charge in [-0.15, -0.1) is 0 Å². The quantitative estimate of drug-likeness (QED) is 0.863. The molecule has 2 aliphatic rings. The van der Waals surface area contributed by atoms with Crippen molar-refractivity contribution in [1.29, 1.82) is 0 Å². The van der Waals surface area contributed by atoms with Gasteiger partial charge in [-0.2, -0.15) is 4.98 Å². The average Bonchev–Trinajstić information content (AvgIpc) is 2.54. The van der Waals surface area contributed by atoms with E-state index in [0.717, 1.165) is 37.8 Å². The van der Waals surface area contributed by atoms with Gasteiger partial charge in [0.15, 0.2) is 0 Å². The normalized spacial score (nSPS) is 24.2. The molecular weight excluding hydrogens is 300 g/mol. The van der Waals surface area contributed by atoms with Crippen LogP contribution in [0, 0.1) is 11.3 Å². The van der Waals surface area contributed by atoms with E-state index in [0.29, 0.717) is 11.9 Å². The maximum atomic E-state index is 5.93. The Balaban J connectivity index is 1.83. The van der Waals surface area contributed by atoms with Crippen LogP contribution in [0.2, 0.25) is 0 Å². The second-order valence-electron chi connectivity index (χ2n) is 7.42. The lowest BCUT2D eigenvalue weighted by Crippen LogP contribution is -2.37. The number of nitrogens with two attached hydrogens (primary N) is 1. The summed E-state index contributed by atoms with van der Waals surface area (Å²) in [6.45, 7) is 10.1. The summed E-state index contributed by atoms with van der Waals surface area (Å²) in [5.74, 6) is 1.66. The summed E-state index contributed by atoms with van der Waals surface area (Å²) in [7, 11) is 0. The molecule has 0 spiro atoms. The summed E-state index contributed by atoms with van der Waals surface area (Å²) < 4.78 is 5.41. The molecule has 1 aromatic rings. The summed E-state index contributed by atoms with van der Waals surface area (Å²) in [5, 5.41) is 0. The molecule has 2 heterocycles. The number of allylic oxidation sites excluding steroid dienone is 3. The molecule has 0 amide bonds. The maximum absolute atomic E-state index is 5.93. The van der Waals surface area contributed by atoms with Crippen LogP contribution < -0.4 is 10.6 Å². The molecule has 0 radical (unpaired) electrons. The van der Waals surface area contributed by atoms with E-state index in [9.17, 15) is 0 Å². The van der Waals surface area contributed by atoms with Gasteiger partial charge in [0.05, 0.1) is 18.9 Å². The Labute approximate surface area is 144 Å². The van der Waals surface area contributed by atoms with Crippen molar-refractivity contribution >= 4 is 17.8 Å². The molecule has 1 aromatic heterocycles. The standard InChI is InChI=1S/C19H28N4O/c1-14-5-4-8-19(2,3)16(14)7-6-15-13-17(22-18(20)21-15)23-9-11-24-12-10-23/h5-7,13,16H,4,8-12H2,1-3H3,(H2,20,21,22)/b7-6+. The van der Waals surface area contributed by atoms with E-state index in [1.807, 2.05) is 6.07 Å². The molecular formula is C19H28N4O. The molecule has 130 valence electrons. The van der Waals surface area contributed by atoms with Crippen LogP contribution in [0.4, 0.5) is 11.8 Å². The van der Waals surface area contributed by atoms with Crippen LogP contribution in [0.3, 0.4) is 0 Å². The lowest BCUT2D eigenvalue weighted by Gasteiger charge is -2.36. The van der Waals surface area contributed by atoms with E-state index in [1.54, 1.807) is 0 Å². The average molecular weight is 328 g/mol. The van der Waals surface area contributed by atoms with Crippen molar-refractivity contribution in [3.05, 3.63) is 29.5 Å². The van der Waals surface area contributed by atoms with E-state index in [4.69, 9.17) is 10.5 Å². The molecule has 2 N–H and O–H groups in total. The predicted octanol–water partition coefficient (Wildman–Crippen LogP) is 3.29. The Kier molecular flexibility index (Phi) is 4.90. The molecule has 3 rings (SSSR count). The first kappa shape index (κ1) is 17.0. The largest absolute Gasteiger partial charge is 0.378 e. The summed E-state index contributed by atoms with van der Waals surface area (Å²) in [6.07, 6.45) is 9.11. The first-order chi connectivity index (χ1) is 11.5. The monoisotopic (exact) mass is 328 g/mol. The van der Waals surface area contributed by atoms with Gasteiger partial charge in [-0.3, -0.25) is 0 Å². The van der Waals surface area contributed by atoms with Crippen LogP contribution in [0.25, 0.3) is 6.08 Å². The summed E-state index contributed by atoms with van der Waals surface area (Å²) in [6, 6.07) is 2.02. The highest BCUT2D eigenvalue weighted by Crippen LogP contribution is 2.41. The molecule has 1 saturated heterocycles. The highest BCUT2D eigenvalue weighted by molar-refractivity contribution is 5.55. The molecule has 1 fully saturated rings. The first-order valence-electron chi connectivity index (χ1n) is 8.78. The van der Waals surface area contributed by atoms with Gasteiger partial charge in [0, 0.05) is 25.1 Å². The van der Waals surface area contributed by atoms with E-state index in [2.05, 4.69) is 53.9 Å². The summed E-state index contributed by atoms with van der Waals surface area (Å²) in [4.78, 5) is 11.0. The van der Waals surface area contributed by atoms with Gasteiger partial charge in [0.2, 0.25) is 5.95 Å². The highest BCUT2D eigenvalue weighted by atomic mass is 16.5. The van der Waals surface area contributed by atoms with Crippen molar-refractivity contribution in [1.82, 2.24) is 9.97 Å². The third-order valence-electron chi connectivity index (χ3n) is 5.13. The van der Waals surface area contributed by atoms with E-state index in [1.165, 1.54) is 18.4 Å². The SMILES string of the molecule is CC1=CCCC(C)(C)C1/C=C/c1cc(N2CCOCC2)nc(N)n1. The molecule has 1 aliphatic heterocycles. The number of ether oxygens (including phenoxy) is 1. The number of hydrogen-bond acceptors (Lipinski definition) is 5. The van der Waals surface area contributed by atoms with E-state index < -0.39 is 0 Å². The minimum absolute atomic E-state index is 0.279. The van der Waals surface area contributed by atoms with Gasteiger partial charge in [-0.05, 0) is 31.3 Å². The molecule has 0 aromatic carbocycles. The zero-order valence-corrected chi connectivity index (χ0v) is 15.0. The fourth-order valence-corrected chi connectivity index (χ4v) is 3.69. The fourth-order valence-electron chi connectivity index (χ4n) is 3.69. The second kappa shape index (κ2) is 6.93. The lowest BCUT2D eigenvalue weighted by molar-refractivity contribution is 0.122. The van der Waals surface area contributed by atoms with Gasteiger partial charge in [0.25, 0.3) is 0 Å². The highest BCUT2D eigenvalue weighted by Gasteiger charge is 2.30. The fraction of sp³-hybridized carbons (Fsp3) is 0.579. The smallest absolute Gasteiger partial charge is 0.222 e. The van der Waals surface area contributed by atoms with Gasteiger partial charge < -0.3 is 15.4 Å². The second-order valence-corrected chi connectivity index (χ2v) is 7.42. The molecule has 1 atom stereocenters. The zero-order valence-electron chi connectivity index (χ0n) is 15.0. The number of hydrogen-bond donors (Lipinski definition) is 1. The molecule has 24 heavy (non-hydrogen) atoms. The van der Waals surface area contributed by atoms with Crippen molar-refractivity contribution in [2.24, 2.45) is 11.3 Å². The van der Waals surface area contributed by atoms with Crippen LogP contribution in [0.15, 0.2) is 23.8 Å². The molecule has 5 nitrogen and oxygen atoms in total. The predicted molar refractivity (Wildman–Crippen MR) is 98.8 cm³/mol. The third kappa shape index (κ3) is 3.78. The lowest BCUT2D eigenvalue weighted by atomic mass is 9.68. The number of anilines is 2. The molecule has 0 saturated carbocycles. The molecule has 0 bridgehead atoms. The number of aromatic nitrogens is 2. The topological polar surface area (TPSA) is 64.3 Å². The van der Waals surface area contributed by atoms with Crippen LogP contribution in [-0.4, -0.2) is 36.3 Å². The number of nitrogens with zero attached hydrogens (tertiary/aromatic N) is 3. The molecule has 5 heteroatoms.